The van der Waals surface area contributed by atoms with Gasteiger partial charge in [-0.15, -0.1) is 0 Å². The molecule has 0 saturated heterocycles. The minimum Gasteiger partial charge on any atom is -0.478 e. The summed E-state index contributed by atoms with van der Waals surface area (Å²) in [6.07, 6.45) is 2.59. The molecule has 0 aromatic heterocycles. The van der Waals surface area contributed by atoms with Crippen molar-refractivity contribution in [2.75, 3.05) is 40.0 Å². The molecule has 0 heterocycles. The van der Waals surface area contributed by atoms with E-state index in [4.69, 9.17) is 29.2 Å². The predicted molar refractivity (Wildman–Crippen MR) is 104 cm³/mol. The first-order valence-electron chi connectivity index (χ1n) is 9.66. The molecule has 30 heavy (non-hydrogen) atoms. The van der Waals surface area contributed by atoms with Gasteiger partial charge in [0.2, 0.25) is 0 Å². The molecule has 1 aromatic carbocycles. The van der Waals surface area contributed by atoms with Crippen LogP contribution in [0.5, 0.6) is 0 Å². The van der Waals surface area contributed by atoms with Crippen LogP contribution in [0.3, 0.4) is 0 Å². The summed E-state index contributed by atoms with van der Waals surface area (Å²) < 4.78 is 21.2. The van der Waals surface area contributed by atoms with Gasteiger partial charge in [0.25, 0.3) is 0 Å². The highest BCUT2D eigenvalue weighted by atomic mass is 16.7. The van der Waals surface area contributed by atoms with E-state index in [1.54, 1.807) is 0 Å². The Bertz CT molecular complexity index is 595. The molecule has 1 aromatic rings. The molecule has 0 amide bonds. The van der Waals surface area contributed by atoms with Gasteiger partial charge >= 0.3 is 11.9 Å². The molecule has 1 rings (SSSR count). The number of hydrogen-bond donors (Lipinski definition) is 4. The summed E-state index contributed by atoms with van der Waals surface area (Å²) in [6, 6.07) is 2.52. The van der Waals surface area contributed by atoms with Crippen molar-refractivity contribution < 1.29 is 49.0 Å². The number of carboxylic acids is 2. The number of rotatable bonds is 18. The number of hydrogen-bond acceptors (Lipinski definition) is 8. The molecule has 0 spiro atoms. The zero-order valence-electron chi connectivity index (χ0n) is 16.9. The lowest BCUT2D eigenvalue weighted by Gasteiger charge is -2.14. The van der Waals surface area contributed by atoms with Gasteiger partial charge in [0.05, 0.1) is 24.3 Å². The molecule has 0 aliphatic carbocycles. The molecule has 0 saturated carbocycles. The number of aliphatic hydroxyl groups excluding tert-OH is 2. The third kappa shape index (κ3) is 10.1. The normalized spacial score (nSPS) is 11.0. The lowest BCUT2D eigenvalue weighted by molar-refractivity contribution is -0.0643. The number of ether oxygens (including phenoxy) is 4. The Balaban J connectivity index is 2.70. The Kier molecular flexibility index (Phi) is 13.6. The average Bonchev–Trinajstić information content (AvgIpc) is 2.72. The van der Waals surface area contributed by atoms with Gasteiger partial charge in [-0.05, 0) is 48.9 Å². The molecule has 10 heteroatoms. The largest absolute Gasteiger partial charge is 0.478 e. The zero-order valence-corrected chi connectivity index (χ0v) is 16.9. The summed E-state index contributed by atoms with van der Waals surface area (Å²) in [6.45, 7) is 0.709. The van der Waals surface area contributed by atoms with E-state index in [0.717, 1.165) is 6.07 Å². The lowest BCUT2D eigenvalue weighted by Crippen LogP contribution is -2.13. The van der Waals surface area contributed by atoms with Crippen molar-refractivity contribution in [2.24, 2.45) is 0 Å². The third-order valence-corrected chi connectivity index (χ3v) is 4.03. The maximum atomic E-state index is 11.5. The molecule has 0 fully saturated rings. The van der Waals surface area contributed by atoms with Gasteiger partial charge in [-0.3, -0.25) is 0 Å². The van der Waals surface area contributed by atoms with Gasteiger partial charge in [0.15, 0.2) is 0 Å². The minimum atomic E-state index is -1.26. The van der Waals surface area contributed by atoms with Crippen LogP contribution in [0.25, 0.3) is 0 Å². The van der Waals surface area contributed by atoms with Gasteiger partial charge in [-0.2, -0.15) is 0 Å². The highest BCUT2D eigenvalue weighted by Crippen LogP contribution is 2.20. The topological polar surface area (TPSA) is 152 Å². The van der Waals surface area contributed by atoms with Crippen LogP contribution in [0.2, 0.25) is 0 Å². The first-order chi connectivity index (χ1) is 14.5. The summed E-state index contributed by atoms with van der Waals surface area (Å²) >= 11 is 0. The van der Waals surface area contributed by atoms with Crippen molar-refractivity contribution in [3.8, 4) is 0 Å². The Hall–Kier alpha value is -2.08. The second kappa shape index (κ2) is 15.7. The molecule has 4 N–H and O–H groups in total. The molecule has 0 aliphatic heterocycles. The quantitative estimate of drug-likeness (QED) is 0.200. The molecule has 0 radical (unpaired) electrons. The number of aromatic carboxylic acids is 2. The molecule has 170 valence electrons. The van der Waals surface area contributed by atoms with E-state index in [9.17, 15) is 19.8 Å². The first kappa shape index (κ1) is 26.0. The van der Waals surface area contributed by atoms with Gasteiger partial charge in [0.1, 0.15) is 13.6 Å². The molecule has 0 unspecified atom stereocenters. The van der Waals surface area contributed by atoms with E-state index in [1.807, 2.05) is 0 Å². The second-order valence-electron chi connectivity index (χ2n) is 6.39. The summed E-state index contributed by atoms with van der Waals surface area (Å²) in [5, 5.41) is 36.2. The number of carbonyl (C=O) groups is 2. The summed E-state index contributed by atoms with van der Waals surface area (Å²) in [7, 11) is 0. The fourth-order valence-electron chi connectivity index (χ4n) is 2.50. The molecular formula is C20H30O10. The van der Waals surface area contributed by atoms with Crippen molar-refractivity contribution in [2.45, 2.75) is 38.9 Å². The number of unbranched alkanes of at least 4 members (excludes halogenated alkanes) is 2. The fourth-order valence-corrected chi connectivity index (χ4v) is 2.50. The third-order valence-electron chi connectivity index (χ3n) is 4.03. The summed E-state index contributed by atoms with van der Waals surface area (Å²) in [5.74, 6) is -2.53. The van der Waals surface area contributed by atoms with Crippen molar-refractivity contribution in [3.63, 3.8) is 0 Å². The Morgan fingerprint density at radius 3 is 1.47 bits per heavy atom. The highest BCUT2D eigenvalue weighted by molar-refractivity contribution is 5.96. The van der Waals surface area contributed by atoms with Gasteiger partial charge in [-0.1, -0.05) is 0 Å². The molecular weight excluding hydrogens is 400 g/mol. The standard InChI is InChI=1S/C20H30O10/c21-5-1-3-7-27-13-29-11-15-9-16(12-30-14-28-8-4-2-6-22)18(20(25)26)10-17(15)19(23)24/h9-10,21-22H,1-8,11-14H2,(H,23,24)(H,25,26). The summed E-state index contributed by atoms with van der Waals surface area (Å²) in [4.78, 5) is 23.1. The van der Waals surface area contributed by atoms with Crippen LogP contribution in [0, 0.1) is 0 Å². The first-order valence-corrected chi connectivity index (χ1v) is 9.66. The number of aliphatic hydroxyl groups is 2. The molecule has 0 atom stereocenters. The van der Waals surface area contributed by atoms with Crippen LogP contribution in [0.15, 0.2) is 12.1 Å². The molecule has 10 nitrogen and oxygen atoms in total. The van der Waals surface area contributed by atoms with Crippen LogP contribution in [-0.4, -0.2) is 72.4 Å². The SMILES string of the molecule is O=C(O)c1cc(C(=O)O)c(COCOCCCCO)cc1COCOCCCCO. The Morgan fingerprint density at radius 1 is 0.667 bits per heavy atom. The minimum absolute atomic E-state index is 0.0569. The van der Waals surface area contributed by atoms with Gasteiger partial charge in [-0.25, -0.2) is 9.59 Å². The monoisotopic (exact) mass is 430 g/mol. The van der Waals surface area contributed by atoms with E-state index < -0.39 is 11.9 Å². The van der Waals surface area contributed by atoms with Crippen molar-refractivity contribution in [3.05, 3.63) is 34.4 Å². The second-order valence-corrected chi connectivity index (χ2v) is 6.39. The van der Waals surface area contributed by atoms with Crippen molar-refractivity contribution in [1.82, 2.24) is 0 Å². The number of carboxylic acid groups (broad SMARTS) is 2. The van der Waals surface area contributed by atoms with E-state index in [1.165, 1.54) is 6.07 Å². The van der Waals surface area contributed by atoms with Gasteiger partial charge < -0.3 is 39.4 Å². The van der Waals surface area contributed by atoms with E-state index in [-0.39, 0.29) is 51.1 Å². The summed E-state index contributed by atoms with van der Waals surface area (Å²) in [5.41, 5.74) is 0.260. The van der Waals surface area contributed by atoms with Gasteiger partial charge in [0, 0.05) is 26.4 Å². The lowest BCUT2D eigenvalue weighted by atomic mass is 9.99. The Morgan fingerprint density at radius 2 is 1.10 bits per heavy atom. The Labute approximate surface area is 174 Å². The highest BCUT2D eigenvalue weighted by Gasteiger charge is 2.19. The van der Waals surface area contributed by atoms with Crippen molar-refractivity contribution >= 4 is 11.9 Å². The van der Waals surface area contributed by atoms with E-state index >= 15 is 0 Å². The van der Waals surface area contributed by atoms with Crippen LogP contribution < -0.4 is 0 Å². The number of benzene rings is 1. The van der Waals surface area contributed by atoms with Crippen molar-refractivity contribution in [1.29, 1.82) is 0 Å². The van der Waals surface area contributed by atoms with Crippen LogP contribution in [0.1, 0.15) is 57.5 Å². The molecule has 0 aliphatic rings. The maximum Gasteiger partial charge on any atom is 0.336 e. The fraction of sp³-hybridized carbons (Fsp3) is 0.600. The average molecular weight is 430 g/mol. The maximum absolute atomic E-state index is 11.5. The van der Waals surface area contributed by atoms with Crippen LogP contribution >= 0.6 is 0 Å². The van der Waals surface area contributed by atoms with E-state index in [0.29, 0.717) is 50.0 Å². The van der Waals surface area contributed by atoms with Crippen LogP contribution in [0.4, 0.5) is 0 Å². The predicted octanol–water partition coefficient (Wildman–Crippen LogP) is 1.61. The van der Waals surface area contributed by atoms with E-state index in [2.05, 4.69) is 0 Å². The zero-order chi connectivity index (χ0) is 22.2. The smallest absolute Gasteiger partial charge is 0.336 e. The molecule has 0 bridgehead atoms. The van der Waals surface area contributed by atoms with Crippen LogP contribution in [-0.2, 0) is 32.2 Å².